The van der Waals surface area contributed by atoms with Crippen molar-refractivity contribution in [1.82, 2.24) is 9.78 Å². The van der Waals surface area contributed by atoms with Gasteiger partial charge in [-0.1, -0.05) is 0 Å². The topological polar surface area (TPSA) is 64.3 Å². The number of halogens is 1. The average Bonchev–Trinajstić information content (AvgIpc) is 2.83. The van der Waals surface area contributed by atoms with Gasteiger partial charge < -0.3 is 9.84 Å². The number of rotatable bonds is 1. The number of carboxylic acid groups (broad SMARTS) is 1. The van der Waals surface area contributed by atoms with Crippen LogP contribution in [0.25, 0.3) is 5.69 Å². The molecule has 6 heteroatoms. The van der Waals surface area contributed by atoms with Crippen LogP contribution >= 0.6 is 0 Å². The molecule has 1 aromatic heterocycles. The normalized spacial score (nSPS) is 14.2. The summed E-state index contributed by atoms with van der Waals surface area (Å²) in [6.07, 6.45) is 3.50. The van der Waals surface area contributed by atoms with Crippen LogP contribution in [0.5, 0.6) is 5.75 Å². The minimum atomic E-state index is -1.00. The quantitative estimate of drug-likeness (QED) is 0.868. The Morgan fingerprint density at radius 3 is 3.05 bits per heavy atom. The molecule has 0 fully saturated rings. The highest BCUT2D eigenvalue weighted by Crippen LogP contribution is 2.28. The van der Waals surface area contributed by atoms with Crippen molar-refractivity contribution in [1.29, 1.82) is 0 Å². The lowest BCUT2D eigenvalue weighted by Gasteiger charge is -2.11. The molecule has 0 saturated carbocycles. The number of hydrogen-bond acceptors (Lipinski definition) is 3. The number of hydrogen-bond donors (Lipinski definition) is 1. The van der Waals surface area contributed by atoms with Crippen molar-refractivity contribution in [3.63, 3.8) is 0 Å². The molecule has 20 heavy (non-hydrogen) atoms. The van der Waals surface area contributed by atoms with E-state index in [1.807, 2.05) is 0 Å². The van der Waals surface area contributed by atoms with E-state index in [-0.39, 0.29) is 5.56 Å². The second-order valence-electron chi connectivity index (χ2n) is 4.64. The zero-order chi connectivity index (χ0) is 14.1. The van der Waals surface area contributed by atoms with Gasteiger partial charge in [-0.05, 0) is 31.4 Å². The van der Waals surface area contributed by atoms with E-state index in [4.69, 9.17) is 4.74 Å². The zero-order valence-corrected chi connectivity index (χ0v) is 10.7. The molecule has 0 amide bonds. The maximum atomic E-state index is 13.3. The summed E-state index contributed by atoms with van der Waals surface area (Å²) in [4.78, 5) is 11.2. The van der Waals surface area contributed by atoms with Crippen LogP contribution < -0.4 is 4.74 Å². The Labute approximate surface area is 114 Å². The van der Waals surface area contributed by atoms with Crippen LogP contribution in [0.2, 0.25) is 0 Å². The molecule has 2 aromatic rings. The van der Waals surface area contributed by atoms with Gasteiger partial charge in [0.05, 0.1) is 18.5 Å². The summed E-state index contributed by atoms with van der Waals surface area (Å²) in [6.45, 7) is 0.476. The largest absolute Gasteiger partial charge is 0.491 e. The van der Waals surface area contributed by atoms with E-state index in [0.29, 0.717) is 30.2 Å². The van der Waals surface area contributed by atoms with Gasteiger partial charge >= 0.3 is 5.97 Å². The number of carbonyl (C=O) groups is 1. The van der Waals surface area contributed by atoms with Crippen molar-refractivity contribution in [3.8, 4) is 11.4 Å². The van der Waals surface area contributed by atoms with E-state index >= 15 is 0 Å². The third-order valence-corrected chi connectivity index (χ3v) is 3.31. The van der Waals surface area contributed by atoms with E-state index in [1.54, 1.807) is 6.07 Å². The van der Waals surface area contributed by atoms with E-state index in [2.05, 4.69) is 5.10 Å². The summed E-state index contributed by atoms with van der Waals surface area (Å²) in [5.74, 6) is -1.02. The smallest absolute Gasteiger partial charge is 0.339 e. The summed E-state index contributed by atoms with van der Waals surface area (Å²) in [5.41, 5.74) is 1.37. The molecular formula is C14H13FN2O3. The Bertz CT molecular complexity index is 666. The molecule has 0 aliphatic carbocycles. The van der Waals surface area contributed by atoms with Crippen molar-refractivity contribution in [2.75, 3.05) is 6.61 Å². The summed E-state index contributed by atoms with van der Waals surface area (Å²) in [7, 11) is 0. The fraction of sp³-hybridized carbons (Fsp3) is 0.286. The molecule has 1 N–H and O–H groups in total. The molecule has 1 aromatic carbocycles. The number of nitrogens with zero attached hydrogens (tertiary/aromatic N) is 2. The molecular weight excluding hydrogens is 263 g/mol. The predicted molar refractivity (Wildman–Crippen MR) is 68.9 cm³/mol. The molecule has 0 unspecified atom stereocenters. The lowest BCUT2D eigenvalue weighted by molar-refractivity contribution is 0.0695. The summed E-state index contributed by atoms with van der Waals surface area (Å²) in [6, 6.07) is 4.16. The number of benzene rings is 1. The minimum absolute atomic E-state index is 0.183. The Kier molecular flexibility index (Phi) is 3.14. The summed E-state index contributed by atoms with van der Waals surface area (Å²) >= 11 is 0. The van der Waals surface area contributed by atoms with Crippen molar-refractivity contribution in [2.45, 2.75) is 19.3 Å². The van der Waals surface area contributed by atoms with Crippen molar-refractivity contribution >= 4 is 5.97 Å². The second-order valence-corrected chi connectivity index (χ2v) is 4.64. The molecule has 0 bridgehead atoms. The molecule has 0 spiro atoms. The Morgan fingerprint density at radius 2 is 2.25 bits per heavy atom. The molecule has 104 valence electrons. The van der Waals surface area contributed by atoms with Crippen LogP contribution in [-0.2, 0) is 6.42 Å². The van der Waals surface area contributed by atoms with Crippen molar-refractivity contribution in [3.05, 3.63) is 41.5 Å². The predicted octanol–water partition coefficient (Wildman–Crippen LogP) is 2.42. The van der Waals surface area contributed by atoms with Gasteiger partial charge in [0, 0.05) is 6.07 Å². The molecule has 1 aliphatic rings. The molecule has 1 aliphatic heterocycles. The first-order chi connectivity index (χ1) is 9.66. The van der Waals surface area contributed by atoms with Crippen LogP contribution in [0.15, 0.2) is 24.4 Å². The summed E-state index contributed by atoms with van der Waals surface area (Å²) < 4.78 is 20.4. The van der Waals surface area contributed by atoms with Gasteiger partial charge in [-0.15, -0.1) is 0 Å². The first-order valence-corrected chi connectivity index (χ1v) is 6.40. The van der Waals surface area contributed by atoms with Gasteiger partial charge in [-0.3, -0.25) is 0 Å². The van der Waals surface area contributed by atoms with E-state index in [0.717, 1.165) is 12.8 Å². The number of aromatic carboxylic acids is 1. The van der Waals surface area contributed by atoms with Crippen LogP contribution in [0.4, 0.5) is 4.39 Å². The second kappa shape index (κ2) is 4.96. The molecule has 3 rings (SSSR count). The molecule has 5 nitrogen and oxygen atoms in total. The maximum Gasteiger partial charge on any atom is 0.339 e. The summed E-state index contributed by atoms with van der Waals surface area (Å²) in [5, 5.41) is 13.3. The first kappa shape index (κ1) is 12.7. The molecule has 0 atom stereocenters. The van der Waals surface area contributed by atoms with E-state index in [9.17, 15) is 14.3 Å². The van der Waals surface area contributed by atoms with Gasteiger partial charge in [-0.25, -0.2) is 13.9 Å². The van der Waals surface area contributed by atoms with E-state index in [1.165, 1.54) is 23.0 Å². The highest BCUT2D eigenvalue weighted by atomic mass is 19.1. The zero-order valence-electron chi connectivity index (χ0n) is 10.7. The van der Waals surface area contributed by atoms with Gasteiger partial charge in [0.15, 0.2) is 0 Å². The van der Waals surface area contributed by atoms with Crippen LogP contribution in [0, 0.1) is 5.82 Å². The Hall–Kier alpha value is -2.37. The number of carboxylic acids is 1. The minimum Gasteiger partial charge on any atom is -0.491 e. The Balaban J connectivity index is 2.20. The number of aromatic nitrogens is 2. The maximum absolute atomic E-state index is 13.3. The molecule has 0 saturated heterocycles. The highest BCUT2D eigenvalue weighted by molar-refractivity contribution is 5.88. The van der Waals surface area contributed by atoms with Crippen LogP contribution in [0.1, 0.15) is 28.9 Å². The first-order valence-electron chi connectivity index (χ1n) is 6.40. The van der Waals surface area contributed by atoms with E-state index < -0.39 is 11.8 Å². The lowest BCUT2D eigenvalue weighted by atomic mass is 10.1. The van der Waals surface area contributed by atoms with Crippen molar-refractivity contribution < 1.29 is 19.0 Å². The number of ether oxygens (including phenoxy) is 1. The fourth-order valence-corrected chi connectivity index (χ4v) is 2.36. The van der Waals surface area contributed by atoms with Crippen LogP contribution in [0.3, 0.4) is 0 Å². The fourth-order valence-electron chi connectivity index (χ4n) is 2.36. The third-order valence-electron chi connectivity index (χ3n) is 3.31. The van der Waals surface area contributed by atoms with Gasteiger partial charge in [0.2, 0.25) is 0 Å². The molecule has 0 radical (unpaired) electrons. The SMILES string of the molecule is O=C(O)c1cnn2c1CCCCOc1cc(F)ccc1-2. The van der Waals surface area contributed by atoms with Crippen LogP contribution in [-0.4, -0.2) is 27.5 Å². The number of fused-ring (bicyclic) bond motifs is 3. The van der Waals surface area contributed by atoms with Gasteiger partial charge in [-0.2, -0.15) is 5.10 Å². The van der Waals surface area contributed by atoms with Gasteiger partial charge in [0.25, 0.3) is 0 Å². The Morgan fingerprint density at radius 1 is 1.40 bits per heavy atom. The van der Waals surface area contributed by atoms with Crippen molar-refractivity contribution in [2.24, 2.45) is 0 Å². The third kappa shape index (κ3) is 2.13. The highest BCUT2D eigenvalue weighted by Gasteiger charge is 2.20. The molecule has 2 heterocycles. The average molecular weight is 276 g/mol. The standard InChI is InChI=1S/C14H13FN2O3/c15-9-4-5-12-13(7-9)20-6-2-1-3-11-10(14(18)19)8-16-17(11)12/h4-5,7-8H,1-3,6H2,(H,18,19). The van der Waals surface area contributed by atoms with Gasteiger partial charge in [0.1, 0.15) is 22.8 Å². The lowest BCUT2D eigenvalue weighted by Crippen LogP contribution is -2.07. The monoisotopic (exact) mass is 276 g/mol.